The summed E-state index contributed by atoms with van der Waals surface area (Å²) in [7, 11) is 0. The van der Waals surface area contributed by atoms with Crippen LogP contribution in [0.2, 0.25) is 0 Å². The quantitative estimate of drug-likeness (QED) is 0.780. The summed E-state index contributed by atoms with van der Waals surface area (Å²) in [6.07, 6.45) is 4.08. The van der Waals surface area contributed by atoms with Crippen LogP contribution in [0.25, 0.3) is 0 Å². The van der Waals surface area contributed by atoms with Gasteiger partial charge in [0.25, 0.3) is 0 Å². The molecule has 1 heterocycles. The van der Waals surface area contributed by atoms with Crippen molar-refractivity contribution in [3.8, 4) is 0 Å². The molecule has 1 N–H and O–H groups in total. The summed E-state index contributed by atoms with van der Waals surface area (Å²) in [5.74, 6) is 0.735. The first-order chi connectivity index (χ1) is 8.38. The first kappa shape index (κ1) is 16.0. The van der Waals surface area contributed by atoms with Crippen LogP contribution in [-0.4, -0.2) is 36.6 Å². The molecular weight excluding hydrogens is 220 g/mol. The summed E-state index contributed by atoms with van der Waals surface area (Å²) in [6, 6.07) is 1.31. The lowest BCUT2D eigenvalue weighted by molar-refractivity contribution is 0.0664. The molecule has 2 atom stereocenters. The molecule has 2 heteroatoms. The second kappa shape index (κ2) is 6.91. The number of nitrogens with zero attached hydrogens (tertiary/aromatic N) is 1. The third kappa shape index (κ3) is 4.55. The van der Waals surface area contributed by atoms with Crippen LogP contribution in [-0.2, 0) is 0 Å². The van der Waals surface area contributed by atoms with Crippen LogP contribution < -0.4 is 5.32 Å². The molecule has 0 aromatic heterocycles. The SMILES string of the molecule is CCC1(C)CCN(C(C)C(C)CNC(C)C)CC1. The molecule has 0 radical (unpaired) electrons. The van der Waals surface area contributed by atoms with Gasteiger partial charge < -0.3 is 10.2 Å². The molecule has 0 aromatic carbocycles. The Labute approximate surface area is 115 Å². The van der Waals surface area contributed by atoms with E-state index in [1.165, 1.54) is 32.4 Å². The molecule has 1 aliphatic heterocycles. The minimum Gasteiger partial charge on any atom is -0.314 e. The van der Waals surface area contributed by atoms with Gasteiger partial charge in [-0.2, -0.15) is 0 Å². The lowest BCUT2D eigenvalue weighted by Gasteiger charge is -2.43. The number of nitrogens with one attached hydrogen (secondary N) is 1. The molecule has 1 rings (SSSR count). The molecule has 1 saturated heterocycles. The number of hydrogen-bond donors (Lipinski definition) is 1. The van der Waals surface area contributed by atoms with Crippen LogP contribution in [0, 0.1) is 11.3 Å². The molecule has 0 amide bonds. The van der Waals surface area contributed by atoms with Gasteiger partial charge in [0.05, 0.1) is 0 Å². The van der Waals surface area contributed by atoms with E-state index < -0.39 is 0 Å². The highest BCUT2D eigenvalue weighted by Crippen LogP contribution is 2.35. The number of hydrogen-bond acceptors (Lipinski definition) is 2. The van der Waals surface area contributed by atoms with E-state index in [0.29, 0.717) is 17.5 Å². The van der Waals surface area contributed by atoms with Crippen molar-refractivity contribution in [2.75, 3.05) is 19.6 Å². The first-order valence-electron chi connectivity index (χ1n) is 7.85. The average molecular weight is 254 g/mol. The molecule has 0 bridgehead atoms. The summed E-state index contributed by atoms with van der Waals surface area (Å²) in [5, 5.41) is 3.57. The monoisotopic (exact) mass is 254 g/mol. The minimum absolute atomic E-state index is 0.601. The maximum Gasteiger partial charge on any atom is 0.0105 e. The van der Waals surface area contributed by atoms with Crippen molar-refractivity contribution in [1.29, 1.82) is 0 Å². The molecule has 1 aliphatic rings. The summed E-state index contributed by atoms with van der Waals surface area (Å²) in [5.41, 5.74) is 0.607. The van der Waals surface area contributed by atoms with Gasteiger partial charge in [0.1, 0.15) is 0 Å². The fourth-order valence-corrected chi connectivity index (χ4v) is 2.78. The highest BCUT2D eigenvalue weighted by atomic mass is 15.2. The van der Waals surface area contributed by atoms with E-state index in [2.05, 4.69) is 51.8 Å². The number of rotatable bonds is 6. The molecule has 1 fully saturated rings. The molecule has 0 spiro atoms. The lowest BCUT2D eigenvalue weighted by Crippen LogP contribution is -2.47. The minimum atomic E-state index is 0.601. The van der Waals surface area contributed by atoms with Gasteiger partial charge in [0, 0.05) is 12.1 Å². The topological polar surface area (TPSA) is 15.3 Å². The molecule has 0 aliphatic carbocycles. The summed E-state index contributed by atoms with van der Waals surface area (Å²) < 4.78 is 0. The van der Waals surface area contributed by atoms with Crippen molar-refractivity contribution in [1.82, 2.24) is 10.2 Å². The van der Waals surface area contributed by atoms with Crippen molar-refractivity contribution < 1.29 is 0 Å². The average Bonchev–Trinajstić information content (AvgIpc) is 2.36. The van der Waals surface area contributed by atoms with Crippen molar-refractivity contribution in [2.45, 2.75) is 72.9 Å². The molecule has 2 unspecified atom stereocenters. The smallest absolute Gasteiger partial charge is 0.0105 e. The maximum absolute atomic E-state index is 3.57. The zero-order valence-electron chi connectivity index (χ0n) is 13.4. The van der Waals surface area contributed by atoms with Crippen LogP contribution in [0.1, 0.15) is 60.8 Å². The Kier molecular flexibility index (Phi) is 6.13. The zero-order chi connectivity index (χ0) is 13.8. The lowest BCUT2D eigenvalue weighted by atomic mass is 9.77. The van der Waals surface area contributed by atoms with Crippen LogP contribution >= 0.6 is 0 Å². The molecule has 0 saturated carbocycles. The van der Waals surface area contributed by atoms with Crippen molar-refractivity contribution in [3.05, 3.63) is 0 Å². The van der Waals surface area contributed by atoms with Gasteiger partial charge >= 0.3 is 0 Å². The van der Waals surface area contributed by atoms with Crippen LogP contribution in [0.4, 0.5) is 0 Å². The maximum atomic E-state index is 3.57. The van der Waals surface area contributed by atoms with Crippen LogP contribution in [0.15, 0.2) is 0 Å². The predicted molar refractivity (Wildman–Crippen MR) is 81.0 cm³/mol. The van der Waals surface area contributed by atoms with Gasteiger partial charge in [-0.15, -0.1) is 0 Å². The Bertz CT molecular complexity index is 229. The first-order valence-corrected chi connectivity index (χ1v) is 7.85. The fourth-order valence-electron chi connectivity index (χ4n) is 2.78. The molecular formula is C16H34N2. The van der Waals surface area contributed by atoms with E-state index in [1.807, 2.05) is 0 Å². The molecule has 18 heavy (non-hydrogen) atoms. The van der Waals surface area contributed by atoms with Gasteiger partial charge in [0.15, 0.2) is 0 Å². The number of piperidine rings is 1. The van der Waals surface area contributed by atoms with Gasteiger partial charge in [-0.1, -0.05) is 41.0 Å². The molecule has 2 nitrogen and oxygen atoms in total. The molecule has 0 aromatic rings. The van der Waals surface area contributed by atoms with E-state index in [9.17, 15) is 0 Å². The summed E-state index contributed by atoms with van der Waals surface area (Å²) >= 11 is 0. The standard InChI is InChI=1S/C16H34N2/c1-7-16(6)8-10-18(11-9-16)15(5)14(4)12-17-13(2)3/h13-15,17H,7-12H2,1-6H3. The largest absolute Gasteiger partial charge is 0.314 e. The third-order valence-electron chi connectivity index (χ3n) is 5.11. The summed E-state index contributed by atoms with van der Waals surface area (Å²) in [4.78, 5) is 2.70. The van der Waals surface area contributed by atoms with Crippen molar-refractivity contribution >= 4 is 0 Å². The fraction of sp³-hybridized carbons (Fsp3) is 1.00. The van der Waals surface area contributed by atoms with Crippen LogP contribution in [0.5, 0.6) is 0 Å². The second-order valence-electron chi connectivity index (χ2n) is 6.98. The Hall–Kier alpha value is -0.0800. The zero-order valence-corrected chi connectivity index (χ0v) is 13.4. The highest BCUT2D eigenvalue weighted by molar-refractivity contribution is 4.85. The normalized spacial score (nSPS) is 24.2. The van der Waals surface area contributed by atoms with E-state index in [-0.39, 0.29) is 0 Å². The summed E-state index contributed by atoms with van der Waals surface area (Å²) in [6.45, 7) is 17.8. The highest BCUT2D eigenvalue weighted by Gasteiger charge is 2.31. The Morgan fingerprint density at radius 3 is 2.11 bits per heavy atom. The number of likely N-dealkylation sites (tertiary alicyclic amines) is 1. The second-order valence-corrected chi connectivity index (χ2v) is 6.98. The van der Waals surface area contributed by atoms with Gasteiger partial charge in [-0.3, -0.25) is 0 Å². The van der Waals surface area contributed by atoms with Crippen LogP contribution in [0.3, 0.4) is 0 Å². The van der Waals surface area contributed by atoms with Gasteiger partial charge in [-0.05, 0) is 50.7 Å². The Morgan fingerprint density at radius 2 is 1.67 bits per heavy atom. The third-order valence-corrected chi connectivity index (χ3v) is 5.11. The van der Waals surface area contributed by atoms with Crippen molar-refractivity contribution in [2.24, 2.45) is 11.3 Å². The van der Waals surface area contributed by atoms with E-state index in [4.69, 9.17) is 0 Å². The van der Waals surface area contributed by atoms with Gasteiger partial charge in [0.2, 0.25) is 0 Å². The van der Waals surface area contributed by atoms with E-state index in [1.54, 1.807) is 0 Å². The van der Waals surface area contributed by atoms with Gasteiger partial charge in [-0.25, -0.2) is 0 Å². The Morgan fingerprint density at radius 1 is 1.11 bits per heavy atom. The Balaban J connectivity index is 2.37. The predicted octanol–water partition coefficient (Wildman–Crippen LogP) is 3.52. The van der Waals surface area contributed by atoms with E-state index in [0.717, 1.165) is 12.5 Å². The molecule has 108 valence electrons. The van der Waals surface area contributed by atoms with E-state index >= 15 is 0 Å². The van der Waals surface area contributed by atoms with Crippen molar-refractivity contribution in [3.63, 3.8) is 0 Å².